The van der Waals surface area contributed by atoms with E-state index in [1.54, 1.807) is 0 Å². The number of hydrogen-bond acceptors (Lipinski definition) is 2. The molecule has 0 aliphatic carbocycles. The number of alkyl halides is 1. The summed E-state index contributed by atoms with van der Waals surface area (Å²) in [6.07, 6.45) is 0.888. The molecule has 4 heteroatoms. The van der Waals surface area contributed by atoms with Gasteiger partial charge >= 0.3 is 0 Å². The highest BCUT2D eigenvalue weighted by Crippen LogP contribution is 2.34. The second-order valence-electron chi connectivity index (χ2n) is 4.94. The van der Waals surface area contributed by atoms with Crippen molar-refractivity contribution in [3.63, 3.8) is 0 Å². The monoisotopic (exact) mass is 311 g/mol. The molecule has 0 radical (unpaired) electrons. The molecular weight excluding hydrogens is 294 g/mol. The Hall–Kier alpha value is -1.03. The molecule has 3 nitrogen and oxygen atoms in total. The third-order valence-electron chi connectivity index (χ3n) is 3.52. The Morgan fingerprint density at radius 1 is 1.56 bits per heavy atom. The van der Waals surface area contributed by atoms with E-state index >= 15 is 0 Å². The highest BCUT2D eigenvalue weighted by molar-refractivity contribution is 9.09. The van der Waals surface area contributed by atoms with Crippen molar-refractivity contribution < 1.29 is 9.53 Å². The van der Waals surface area contributed by atoms with E-state index in [-0.39, 0.29) is 17.4 Å². The first-order valence-electron chi connectivity index (χ1n) is 6.19. The van der Waals surface area contributed by atoms with Crippen molar-refractivity contribution in [2.24, 2.45) is 0 Å². The van der Waals surface area contributed by atoms with E-state index in [4.69, 9.17) is 4.74 Å². The number of para-hydroxylation sites is 1. The van der Waals surface area contributed by atoms with Crippen molar-refractivity contribution in [3.8, 4) is 5.75 Å². The van der Waals surface area contributed by atoms with E-state index in [1.807, 2.05) is 31.2 Å². The van der Waals surface area contributed by atoms with Gasteiger partial charge in [-0.15, -0.1) is 0 Å². The van der Waals surface area contributed by atoms with Gasteiger partial charge in [0.15, 0.2) is 0 Å². The fourth-order valence-corrected chi connectivity index (χ4v) is 2.52. The van der Waals surface area contributed by atoms with Crippen LogP contribution in [0.4, 0.5) is 0 Å². The molecular formula is C14H18BrNO2. The average Bonchev–Trinajstić information content (AvgIpc) is 2.82. The van der Waals surface area contributed by atoms with Gasteiger partial charge in [-0.2, -0.15) is 0 Å². The van der Waals surface area contributed by atoms with Gasteiger partial charge in [0.25, 0.3) is 0 Å². The van der Waals surface area contributed by atoms with Gasteiger partial charge in [0.1, 0.15) is 18.3 Å². The van der Waals surface area contributed by atoms with Crippen LogP contribution in [0.25, 0.3) is 0 Å². The molecule has 1 aromatic rings. The van der Waals surface area contributed by atoms with Crippen LogP contribution >= 0.6 is 15.9 Å². The molecule has 1 amide bonds. The van der Waals surface area contributed by atoms with Crippen LogP contribution in [0.3, 0.4) is 0 Å². The molecule has 2 atom stereocenters. The minimum Gasteiger partial charge on any atom is -0.492 e. The fraction of sp³-hybridized carbons (Fsp3) is 0.500. The number of ether oxygens (including phenoxy) is 1. The first kappa shape index (κ1) is 13.4. The minimum absolute atomic E-state index is 0.0451. The molecule has 0 fully saturated rings. The summed E-state index contributed by atoms with van der Waals surface area (Å²) < 4.78 is 5.54. The lowest BCUT2D eigenvalue weighted by atomic mass is 9.96. The zero-order valence-electron chi connectivity index (χ0n) is 10.7. The van der Waals surface area contributed by atoms with Crippen molar-refractivity contribution in [2.75, 3.05) is 11.9 Å². The molecule has 2 unspecified atom stereocenters. The lowest BCUT2D eigenvalue weighted by molar-refractivity contribution is -0.124. The average molecular weight is 312 g/mol. The Bertz CT molecular complexity index is 443. The number of halogens is 1. The first-order valence-corrected chi connectivity index (χ1v) is 7.31. The molecule has 0 saturated carbocycles. The van der Waals surface area contributed by atoms with E-state index < -0.39 is 0 Å². The van der Waals surface area contributed by atoms with Crippen molar-refractivity contribution >= 4 is 21.8 Å². The summed E-state index contributed by atoms with van der Waals surface area (Å²) >= 11 is 3.45. The molecule has 1 heterocycles. The highest BCUT2D eigenvalue weighted by atomic mass is 79.9. The van der Waals surface area contributed by atoms with Gasteiger partial charge in [-0.25, -0.2) is 0 Å². The topological polar surface area (TPSA) is 38.3 Å². The molecule has 1 aliphatic heterocycles. The van der Waals surface area contributed by atoms with Gasteiger partial charge in [0.05, 0.1) is 0 Å². The van der Waals surface area contributed by atoms with Crippen LogP contribution in [0.5, 0.6) is 5.75 Å². The maximum atomic E-state index is 12.3. The lowest BCUT2D eigenvalue weighted by Gasteiger charge is -2.28. The number of carbonyl (C=O) groups is 1. The molecule has 0 saturated heterocycles. The summed E-state index contributed by atoms with van der Waals surface area (Å²) in [5, 5.41) is 3.86. The van der Waals surface area contributed by atoms with Crippen LogP contribution in [0.1, 0.15) is 31.7 Å². The van der Waals surface area contributed by atoms with Crippen molar-refractivity contribution in [3.05, 3.63) is 29.8 Å². The summed E-state index contributed by atoms with van der Waals surface area (Å²) in [7, 11) is 0. The molecule has 1 aliphatic rings. The maximum absolute atomic E-state index is 12.3. The van der Waals surface area contributed by atoms with Crippen LogP contribution in [0.2, 0.25) is 0 Å². The smallest absolute Gasteiger partial charge is 0.231 e. The van der Waals surface area contributed by atoms with Gasteiger partial charge < -0.3 is 10.1 Å². The summed E-state index contributed by atoms with van der Waals surface area (Å²) in [4.78, 5) is 12.3. The summed E-state index contributed by atoms with van der Waals surface area (Å²) in [5.74, 6) is 0.685. The number of benzene rings is 1. The first-order chi connectivity index (χ1) is 8.59. The molecule has 1 N–H and O–H groups in total. The number of carbonyl (C=O) groups excluding carboxylic acids is 1. The molecule has 0 aromatic heterocycles. The summed E-state index contributed by atoms with van der Waals surface area (Å²) in [5.41, 5.74) is 0.789. The van der Waals surface area contributed by atoms with E-state index in [0.29, 0.717) is 6.61 Å². The van der Waals surface area contributed by atoms with Crippen molar-refractivity contribution in [2.45, 2.75) is 31.7 Å². The normalized spacial score (nSPS) is 20.7. The number of hydrogen-bond donors (Lipinski definition) is 1. The third-order valence-corrected chi connectivity index (χ3v) is 4.75. The van der Waals surface area contributed by atoms with E-state index in [2.05, 4.69) is 28.2 Å². The predicted molar refractivity (Wildman–Crippen MR) is 75.3 cm³/mol. The Labute approximate surface area is 116 Å². The van der Waals surface area contributed by atoms with E-state index in [9.17, 15) is 4.79 Å². The van der Waals surface area contributed by atoms with Crippen LogP contribution in [0.15, 0.2) is 24.3 Å². The van der Waals surface area contributed by atoms with Gasteiger partial charge in [-0.3, -0.25) is 4.79 Å². The lowest BCUT2D eigenvalue weighted by Crippen LogP contribution is -2.49. The molecule has 0 spiro atoms. The third kappa shape index (κ3) is 2.53. The fourth-order valence-electron chi connectivity index (χ4n) is 1.98. The van der Waals surface area contributed by atoms with Gasteiger partial charge in [0, 0.05) is 16.4 Å². The molecule has 1 aromatic carbocycles. The van der Waals surface area contributed by atoms with Gasteiger partial charge in [0.2, 0.25) is 5.91 Å². The summed E-state index contributed by atoms with van der Waals surface area (Å²) in [6.45, 7) is 4.55. The Morgan fingerprint density at radius 3 is 2.94 bits per heavy atom. The zero-order valence-corrected chi connectivity index (χ0v) is 12.3. The molecule has 18 heavy (non-hydrogen) atoms. The van der Waals surface area contributed by atoms with Crippen molar-refractivity contribution in [1.82, 2.24) is 5.32 Å². The number of amides is 1. The Kier molecular flexibility index (Phi) is 3.95. The van der Waals surface area contributed by atoms with Crippen molar-refractivity contribution in [1.29, 1.82) is 0 Å². The number of fused-ring (bicyclic) bond motifs is 1. The van der Waals surface area contributed by atoms with Crippen LogP contribution < -0.4 is 10.1 Å². The number of nitrogens with one attached hydrogen (secondary N) is 1. The van der Waals surface area contributed by atoms with E-state index in [0.717, 1.165) is 23.1 Å². The number of rotatable bonds is 4. The molecule has 0 bridgehead atoms. The van der Waals surface area contributed by atoms with Gasteiger partial charge in [-0.1, -0.05) is 41.1 Å². The largest absolute Gasteiger partial charge is 0.492 e. The standard InChI is InChI=1S/C14H18BrNO2/c1-3-14(2,9-15)16-13(17)11-8-18-12-7-5-4-6-10(11)12/h4-7,11H,3,8-9H2,1-2H3,(H,16,17). The minimum atomic E-state index is -0.200. The van der Waals surface area contributed by atoms with Crippen LogP contribution in [-0.2, 0) is 4.79 Å². The summed E-state index contributed by atoms with van der Waals surface area (Å²) in [6, 6.07) is 7.74. The predicted octanol–water partition coefficient (Wildman–Crippen LogP) is 2.84. The van der Waals surface area contributed by atoms with Crippen LogP contribution in [0, 0.1) is 0 Å². The quantitative estimate of drug-likeness (QED) is 0.868. The molecule has 2 rings (SSSR count). The Balaban J connectivity index is 2.12. The highest BCUT2D eigenvalue weighted by Gasteiger charge is 2.33. The van der Waals surface area contributed by atoms with Crippen LogP contribution in [-0.4, -0.2) is 23.4 Å². The second-order valence-corrected chi connectivity index (χ2v) is 5.50. The van der Waals surface area contributed by atoms with E-state index in [1.165, 1.54) is 0 Å². The Morgan fingerprint density at radius 2 is 2.28 bits per heavy atom. The maximum Gasteiger partial charge on any atom is 0.231 e. The zero-order chi connectivity index (χ0) is 13.2. The van der Waals surface area contributed by atoms with Gasteiger partial charge in [-0.05, 0) is 19.4 Å². The molecule has 98 valence electrons. The second kappa shape index (κ2) is 5.31. The SMILES string of the molecule is CCC(C)(CBr)NC(=O)C1COc2ccccc21.